The van der Waals surface area contributed by atoms with E-state index in [2.05, 4.69) is 4.98 Å². The molecule has 8 heteroatoms. The fraction of sp³-hybridized carbons (Fsp3) is 0.474. The Bertz CT molecular complexity index is 964. The zero-order chi connectivity index (χ0) is 19.2. The van der Waals surface area contributed by atoms with Crippen molar-refractivity contribution in [3.05, 3.63) is 41.3 Å². The average molecular weight is 390 g/mol. The number of aryl methyl sites for hydroxylation is 2. The number of ether oxygens (including phenoxy) is 1. The van der Waals surface area contributed by atoms with Crippen LogP contribution in [-0.2, 0) is 25.8 Å². The number of nitrogens with zero attached hydrogens (tertiary/aromatic N) is 2. The van der Waals surface area contributed by atoms with Crippen LogP contribution in [0.2, 0.25) is 0 Å². The third kappa shape index (κ3) is 3.64. The zero-order valence-corrected chi connectivity index (χ0v) is 16.2. The van der Waals surface area contributed by atoms with Gasteiger partial charge in [0.2, 0.25) is 11.8 Å². The number of amides is 1. The second-order valence-electron chi connectivity index (χ2n) is 7.21. The molecule has 0 N–H and O–H groups in total. The number of hydrogen-bond acceptors (Lipinski definition) is 6. The molecule has 2 aliphatic heterocycles. The Balaban J connectivity index is 1.52. The van der Waals surface area contributed by atoms with Crippen molar-refractivity contribution in [3.8, 4) is 11.5 Å². The van der Waals surface area contributed by atoms with Gasteiger partial charge in [-0.2, -0.15) is 0 Å². The maximum Gasteiger partial charge on any atom is 0.229 e. The first kappa shape index (κ1) is 18.2. The summed E-state index contributed by atoms with van der Waals surface area (Å²) in [6.45, 7) is 4.55. The maximum atomic E-state index is 12.9. The highest BCUT2D eigenvalue weighted by atomic mass is 32.2. The van der Waals surface area contributed by atoms with Crippen LogP contribution in [0.1, 0.15) is 17.0 Å². The minimum atomic E-state index is -3.16. The van der Waals surface area contributed by atoms with Gasteiger partial charge in [0.15, 0.2) is 9.84 Å². The summed E-state index contributed by atoms with van der Waals surface area (Å²) in [4.78, 5) is 19.0. The molecule has 2 atom stereocenters. The lowest BCUT2D eigenvalue weighted by molar-refractivity contribution is -0.142. The van der Waals surface area contributed by atoms with Gasteiger partial charge in [0, 0.05) is 12.1 Å². The van der Waals surface area contributed by atoms with Crippen molar-refractivity contribution in [1.29, 1.82) is 0 Å². The van der Waals surface area contributed by atoms with Crippen molar-refractivity contribution >= 4 is 15.7 Å². The van der Waals surface area contributed by atoms with Crippen molar-refractivity contribution in [2.75, 3.05) is 24.7 Å². The van der Waals surface area contributed by atoms with Crippen molar-refractivity contribution in [1.82, 2.24) is 9.88 Å². The summed E-state index contributed by atoms with van der Waals surface area (Å²) in [5, 5.41) is 0. The van der Waals surface area contributed by atoms with Gasteiger partial charge in [0.25, 0.3) is 0 Å². The van der Waals surface area contributed by atoms with E-state index in [1.54, 1.807) is 11.8 Å². The molecule has 1 aromatic carbocycles. The zero-order valence-electron chi connectivity index (χ0n) is 15.3. The Hall–Kier alpha value is -2.19. The first-order valence-electron chi connectivity index (χ1n) is 8.97. The van der Waals surface area contributed by atoms with Crippen molar-refractivity contribution in [2.45, 2.75) is 32.4 Å². The van der Waals surface area contributed by atoms with Crippen molar-refractivity contribution in [2.24, 2.45) is 0 Å². The lowest BCUT2D eigenvalue weighted by Crippen LogP contribution is -2.53. The van der Waals surface area contributed by atoms with Crippen LogP contribution in [-0.4, -0.2) is 61.0 Å². The van der Waals surface area contributed by atoms with E-state index < -0.39 is 22.0 Å². The van der Waals surface area contributed by atoms with E-state index >= 15 is 0 Å². The fourth-order valence-electron chi connectivity index (χ4n) is 3.68. The molecular weight excluding hydrogens is 368 g/mol. The molecule has 2 fully saturated rings. The number of aromatic nitrogens is 1. The molecule has 2 aromatic rings. The van der Waals surface area contributed by atoms with Gasteiger partial charge in [0.05, 0.1) is 42.4 Å². The first-order chi connectivity index (χ1) is 12.8. The van der Waals surface area contributed by atoms with Gasteiger partial charge >= 0.3 is 0 Å². The third-order valence-corrected chi connectivity index (χ3v) is 6.85. The number of sulfone groups is 1. The Morgan fingerprint density at radius 2 is 1.96 bits per heavy atom. The number of oxazole rings is 1. The molecule has 4 rings (SSSR count). The molecule has 0 aliphatic carbocycles. The summed E-state index contributed by atoms with van der Waals surface area (Å²) < 4.78 is 35.1. The summed E-state index contributed by atoms with van der Waals surface area (Å²) in [5.74, 6) is 0.899. The molecule has 144 valence electrons. The topological polar surface area (TPSA) is 89.7 Å². The van der Waals surface area contributed by atoms with Gasteiger partial charge in [-0.25, -0.2) is 13.4 Å². The quantitative estimate of drug-likeness (QED) is 0.789. The molecule has 0 bridgehead atoms. The van der Waals surface area contributed by atoms with Gasteiger partial charge in [-0.3, -0.25) is 4.79 Å². The molecule has 1 amide bonds. The predicted octanol–water partition coefficient (Wildman–Crippen LogP) is 1.53. The summed E-state index contributed by atoms with van der Waals surface area (Å²) in [6, 6.07) is 7.42. The van der Waals surface area contributed by atoms with E-state index in [9.17, 15) is 13.2 Å². The fourth-order valence-corrected chi connectivity index (χ4v) is 5.55. The van der Waals surface area contributed by atoms with Crippen LogP contribution >= 0.6 is 0 Å². The van der Waals surface area contributed by atoms with E-state index in [0.717, 1.165) is 11.1 Å². The van der Waals surface area contributed by atoms with Crippen LogP contribution < -0.4 is 0 Å². The highest BCUT2D eigenvalue weighted by Crippen LogP contribution is 2.27. The molecule has 1 aromatic heterocycles. The highest BCUT2D eigenvalue weighted by Gasteiger charge is 2.45. The standard InChI is InChI=1S/C19H22N2O5S/c1-12-3-5-14(6-4-12)19-20-15(13(2)26-19)9-18(22)21-7-8-25-17-11-27(23,24)10-16(17)21/h3-6,16-17H,7-11H2,1-2H3. The molecule has 3 heterocycles. The Labute approximate surface area is 158 Å². The van der Waals surface area contributed by atoms with Crippen molar-refractivity contribution < 1.29 is 22.4 Å². The Morgan fingerprint density at radius 3 is 2.70 bits per heavy atom. The highest BCUT2D eigenvalue weighted by molar-refractivity contribution is 7.91. The van der Waals surface area contributed by atoms with Crippen LogP contribution in [0.5, 0.6) is 0 Å². The van der Waals surface area contributed by atoms with Gasteiger partial charge < -0.3 is 14.1 Å². The summed E-state index contributed by atoms with van der Waals surface area (Å²) in [5.41, 5.74) is 2.58. The Kier molecular flexibility index (Phi) is 4.55. The SMILES string of the molecule is Cc1ccc(-c2nc(CC(=O)N3CCOC4CS(=O)(=O)CC43)c(C)o2)cc1. The Morgan fingerprint density at radius 1 is 1.22 bits per heavy atom. The molecule has 0 radical (unpaired) electrons. The molecular formula is C19H22N2O5S. The molecule has 0 saturated carbocycles. The molecule has 0 spiro atoms. The lowest BCUT2D eigenvalue weighted by Gasteiger charge is -2.36. The summed E-state index contributed by atoms with van der Waals surface area (Å²) in [7, 11) is -3.16. The molecule has 27 heavy (non-hydrogen) atoms. The first-order valence-corrected chi connectivity index (χ1v) is 10.8. The van der Waals surface area contributed by atoms with Crippen molar-refractivity contribution in [3.63, 3.8) is 0 Å². The van der Waals surface area contributed by atoms with Crippen LogP contribution in [0.3, 0.4) is 0 Å². The van der Waals surface area contributed by atoms with E-state index in [1.807, 2.05) is 31.2 Å². The lowest BCUT2D eigenvalue weighted by atomic mass is 10.1. The minimum Gasteiger partial charge on any atom is -0.441 e. The van der Waals surface area contributed by atoms with Gasteiger partial charge in [0.1, 0.15) is 5.76 Å². The van der Waals surface area contributed by atoms with E-state index in [-0.39, 0.29) is 23.8 Å². The molecule has 2 aliphatic rings. The smallest absolute Gasteiger partial charge is 0.229 e. The van der Waals surface area contributed by atoms with Gasteiger partial charge in [-0.1, -0.05) is 17.7 Å². The van der Waals surface area contributed by atoms with Crippen LogP contribution in [0.4, 0.5) is 0 Å². The number of benzene rings is 1. The number of morpholine rings is 1. The van der Waals surface area contributed by atoms with E-state index in [0.29, 0.717) is 30.5 Å². The largest absolute Gasteiger partial charge is 0.441 e. The van der Waals surface area contributed by atoms with E-state index in [1.165, 1.54) is 0 Å². The number of rotatable bonds is 3. The maximum absolute atomic E-state index is 12.9. The average Bonchev–Trinajstić information content (AvgIpc) is 3.13. The second-order valence-corrected chi connectivity index (χ2v) is 9.36. The van der Waals surface area contributed by atoms with Gasteiger partial charge in [-0.15, -0.1) is 0 Å². The molecule has 7 nitrogen and oxygen atoms in total. The minimum absolute atomic E-state index is 0.0119. The summed E-state index contributed by atoms with van der Waals surface area (Å²) >= 11 is 0. The number of carbonyl (C=O) groups excluding carboxylic acids is 1. The van der Waals surface area contributed by atoms with Crippen LogP contribution in [0, 0.1) is 13.8 Å². The van der Waals surface area contributed by atoms with E-state index in [4.69, 9.17) is 9.15 Å². The van der Waals surface area contributed by atoms with Gasteiger partial charge in [-0.05, 0) is 26.0 Å². The normalized spacial score (nSPS) is 24.0. The van der Waals surface area contributed by atoms with Crippen LogP contribution in [0.25, 0.3) is 11.5 Å². The third-order valence-electron chi connectivity index (χ3n) is 5.17. The second kappa shape index (κ2) is 6.76. The monoisotopic (exact) mass is 390 g/mol. The number of fused-ring (bicyclic) bond motifs is 1. The molecule has 2 saturated heterocycles. The summed E-state index contributed by atoms with van der Waals surface area (Å²) in [6.07, 6.45) is -0.334. The number of carbonyl (C=O) groups is 1. The predicted molar refractivity (Wildman–Crippen MR) is 99.0 cm³/mol. The number of hydrogen-bond donors (Lipinski definition) is 0. The van der Waals surface area contributed by atoms with Crippen LogP contribution in [0.15, 0.2) is 28.7 Å². The molecule has 2 unspecified atom stereocenters.